The van der Waals surface area contributed by atoms with Gasteiger partial charge in [-0.1, -0.05) is 6.07 Å². The number of hydrogen-bond donors (Lipinski definition) is 1. The predicted molar refractivity (Wildman–Crippen MR) is 97.2 cm³/mol. The van der Waals surface area contributed by atoms with Gasteiger partial charge in [-0.3, -0.25) is 4.90 Å². The second-order valence-corrected chi connectivity index (χ2v) is 7.64. The van der Waals surface area contributed by atoms with E-state index in [9.17, 15) is 4.39 Å². The van der Waals surface area contributed by atoms with Crippen molar-refractivity contribution in [3.05, 3.63) is 35.1 Å². The topological polar surface area (TPSA) is 57.5 Å². The maximum atomic E-state index is 13.4. The molecule has 2 saturated heterocycles. The van der Waals surface area contributed by atoms with Crippen LogP contribution >= 0.6 is 0 Å². The highest BCUT2D eigenvalue weighted by atomic mass is 19.1. The highest BCUT2D eigenvalue weighted by Crippen LogP contribution is 2.33. The third kappa shape index (κ3) is 4.60. The molecule has 2 fully saturated rings. The van der Waals surface area contributed by atoms with Gasteiger partial charge in [-0.2, -0.15) is 5.26 Å². The van der Waals surface area contributed by atoms with Gasteiger partial charge in [0.15, 0.2) is 0 Å². The van der Waals surface area contributed by atoms with Gasteiger partial charge in [-0.25, -0.2) is 4.39 Å². The molecular weight excluding hydrogens is 333 g/mol. The average molecular weight is 361 g/mol. The van der Waals surface area contributed by atoms with Gasteiger partial charge in [-0.15, -0.1) is 0 Å². The van der Waals surface area contributed by atoms with Gasteiger partial charge in [0.25, 0.3) is 0 Å². The molecule has 0 unspecified atom stereocenters. The molecule has 0 saturated carbocycles. The number of hydrogen-bond acceptors (Lipinski definition) is 5. The van der Waals surface area contributed by atoms with Crippen LogP contribution in [0.25, 0.3) is 0 Å². The van der Waals surface area contributed by atoms with Gasteiger partial charge in [-0.05, 0) is 44.4 Å². The normalized spacial score (nSPS) is 27.0. The molecule has 0 aromatic heterocycles. The number of benzene rings is 1. The van der Waals surface area contributed by atoms with Crippen LogP contribution in [0.2, 0.25) is 0 Å². The second-order valence-electron chi connectivity index (χ2n) is 7.64. The lowest BCUT2D eigenvalue weighted by atomic mass is 9.99. The lowest BCUT2D eigenvalue weighted by molar-refractivity contribution is -0.0866. The van der Waals surface area contributed by atoms with Crippen molar-refractivity contribution in [2.24, 2.45) is 0 Å². The maximum Gasteiger partial charge on any atom is 0.140 e. The summed E-state index contributed by atoms with van der Waals surface area (Å²) in [6.07, 6.45) is 2.17. The molecule has 1 N–H and O–H groups in total. The first kappa shape index (κ1) is 19.2. The predicted octanol–water partition coefficient (Wildman–Crippen LogP) is 2.45. The first-order chi connectivity index (χ1) is 12.5. The number of nitrogens with zero attached hydrogens (tertiary/aromatic N) is 2. The van der Waals surface area contributed by atoms with E-state index in [0.717, 1.165) is 44.6 Å². The Morgan fingerprint density at radius 1 is 1.46 bits per heavy atom. The molecule has 26 heavy (non-hydrogen) atoms. The summed E-state index contributed by atoms with van der Waals surface area (Å²) in [5, 5.41) is 12.3. The van der Waals surface area contributed by atoms with E-state index in [-0.39, 0.29) is 17.3 Å². The summed E-state index contributed by atoms with van der Waals surface area (Å²) in [6.45, 7) is 9.06. The molecule has 2 aliphatic heterocycles. The number of ether oxygens (including phenoxy) is 2. The Morgan fingerprint density at radius 3 is 3.08 bits per heavy atom. The highest BCUT2D eigenvalue weighted by Gasteiger charge is 2.43. The molecule has 2 aliphatic rings. The molecule has 0 amide bonds. The third-order valence-electron chi connectivity index (χ3n) is 5.30. The van der Waals surface area contributed by atoms with E-state index in [4.69, 9.17) is 14.7 Å². The Balaban J connectivity index is 1.51. The van der Waals surface area contributed by atoms with Gasteiger partial charge < -0.3 is 14.8 Å². The van der Waals surface area contributed by atoms with E-state index in [2.05, 4.69) is 24.1 Å². The van der Waals surface area contributed by atoms with Crippen molar-refractivity contribution in [1.29, 1.82) is 5.26 Å². The summed E-state index contributed by atoms with van der Waals surface area (Å²) >= 11 is 0. The van der Waals surface area contributed by atoms with Crippen molar-refractivity contribution >= 4 is 0 Å². The highest BCUT2D eigenvalue weighted by molar-refractivity contribution is 5.34. The second kappa shape index (κ2) is 8.45. The summed E-state index contributed by atoms with van der Waals surface area (Å²) in [7, 11) is 0. The van der Waals surface area contributed by atoms with Crippen LogP contribution in [-0.4, -0.2) is 55.5 Å². The Kier molecular flexibility index (Phi) is 6.25. The minimum Gasteiger partial charge on any atom is -0.377 e. The lowest BCUT2D eigenvalue weighted by Gasteiger charge is -2.34. The van der Waals surface area contributed by atoms with Crippen LogP contribution in [0.4, 0.5) is 4.39 Å². The molecule has 1 aromatic carbocycles. The van der Waals surface area contributed by atoms with Crippen molar-refractivity contribution in [3.8, 4) is 6.07 Å². The SMILES string of the molecule is CC(C)N1CCOC[C@@]2(CC[C@H](CNCc3ccc(F)c(C#N)c3)O2)C1. The zero-order valence-corrected chi connectivity index (χ0v) is 15.6. The number of nitriles is 1. The molecule has 2 heterocycles. The molecule has 142 valence electrons. The summed E-state index contributed by atoms with van der Waals surface area (Å²) in [5.74, 6) is -0.472. The van der Waals surface area contributed by atoms with Crippen LogP contribution < -0.4 is 5.32 Å². The molecular formula is C20H28FN3O2. The van der Waals surface area contributed by atoms with Crippen LogP contribution in [0.3, 0.4) is 0 Å². The molecule has 1 aromatic rings. The summed E-state index contributed by atoms with van der Waals surface area (Å²) in [4.78, 5) is 2.44. The summed E-state index contributed by atoms with van der Waals surface area (Å²) < 4.78 is 25.6. The minimum absolute atomic E-state index is 0.0877. The van der Waals surface area contributed by atoms with Gasteiger partial charge in [0, 0.05) is 32.2 Å². The van der Waals surface area contributed by atoms with E-state index < -0.39 is 5.82 Å². The van der Waals surface area contributed by atoms with Crippen LogP contribution in [0.1, 0.15) is 37.8 Å². The van der Waals surface area contributed by atoms with Crippen molar-refractivity contribution in [2.75, 3.05) is 32.8 Å². The minimum atomic E-state index is -0.472. The first-order valence-electron chi connectivity index (χ1n) is 9.40. The van der Waals surface area contributed by atoms with E-state index >= 15 is 0 Å². The van der Waals surface area contributed by atoms with E-state index in [1.54, 1.807) is 12.1 Å². The fraction of sp³-hybridized carbons (Fsp3) is 0.650. The molecule has 3 rings (SSSR count). The summed E-state index contributed by atoms with van der Waals surface area (Å²) in [5.41, 5.74) is 0.793. The Hall–Kier alpha value is -1.52. The number of rotatable bonds is 5. The molecule has 1 spiro atoms. The van der Waals surface area contributed by atoms with Crippen molar-refractivity contribution in [1.82, 2.24) is 10.2 Å². The van der Waals surface area contributed by atoms with Crippen molar-refractivity contribution < 1.29 is 13.9 Å². The van der Waals surface area contributed by atoms with Gasteiger partial charge in [0.05, 0.1) is 24.9 Å². The Labute approximate surface area is 155 Å². The molecule has 0 aliphatic carbocycles. The third-order valence-corrected chi connectivity index (χ3v) is 5.30. The van der Waals surface area contributed by atoms with Crippen LogP contribution in [0.15, 0.2) is 18.2 Å². The number of halogens is 1. The average Bonchev–Trinajstić information content (AvgIpc) is 2.88. The van der Waals surface area contributed by atoms with Crippen LogP contribution in [0.5, 0.6) is 0 Å². The van der Waals surface area contributed by atoms with Gasteiger partial charge in [0.1, 0.15) is 17.5 Å². The quantitative estimate of drug-likeness (QED) is 0.873. The summed E-state index contributed by atoms with van der Waals surface area (Å²) in [6, 6.07) is 7.02. The van der Waals surface area contributed by atoms with Crippen LogP contribution in [-0.2, 0) is 16.0 Å². The molecule has 5 nitrogen and oxygen atoms in total. The standard InChI is InChI=1S/C20H28FN3O2/c1-15(2)24-7-8-25-14-20(13-24)6-5-18(26-20)12-23-11-16-3-4-19(21)17(9-16)10-22/h3-4,9,15,18,23H,5-8,11-14H2,1-2H3/t18-,20-/m1/s1. The zero-order valence-electron chi connectivity index (χ0n) is 15.6. The first-order valence-corrected chi connectivity index (χ1v) is 9.40. The monoisotopic (exact) mass is 361 g/mol. The Bertz CT molecular complexity index is 661. The van der Waals surface area contributed by atoms with Gasteiger partial charge >= 0.3 is 0 Å². The maximum absolute atomic E-state index is 13.4. The van der Waals surface area contributed by atoms with Gasteiger partial charge in [0.2, 0.25) is 0 Å². The Morgan fingerprint density at radius 2 is 2.31 bits per heavy atom. The number of nitrogens with one attached hydrogen (secondary N) is 1. The lowest BCUT2D eigenvalue weighted by Crippen LogP contribution is -2.47. The molecule has 0 bridgehead atoms. The fourth-order valence-electron chi connectivity index (χ4n) is 3.78. The van der Waals surface area contributed by atoms with Crippen LogP contribution in [0, 0.1) is 17.1 Å². The largest absolute Gasteiger partial charge is 0.377 e. The molecule has 6 heteroatoms. The van der Waals surface area contributed by atoms with E-state index in [1.165, 1.54) is 6.07 Å². The molecule has 0 radical (unpaired) electrons. The molecule has 2 atom stereocenters. The zero-order chi connectivity index (χ0) is 18.6. The smallest absolute Gasteiger partial charge is 0.140 e. The van der Waals surface area contributed by atoms with Crippen molar-refractivity contribution in [2.45, 2.75) is 51.0 Å². The van der Waals surface area contributed by atoms with Crippen molar-refractivity contribution in [3.63, 3.8) is 0 Å². The van der Waals surface area contributed by atoms with E-state index in [0.29, 0.717) is 19.2 Å². The van der Waals surface area contributed by atoms with E-state index in [1.807, 2.05) is 6.07 Å². The fourth-order valence-corrected chi connectivity index (χ4v) is 3.78.